The average Bonchev–Trinajstić information content (AvgIpc) is 3.49. The van der Waals surface area contributed by atoms with Crippen molar-refractivity contribution in [3.8, 4) is 17.2 Å². The van der Waals surface area contributed by atoms with Crippen LogP contribution in [0.2, 0.25) is 0 Å². The third-order valence-electron chi connectivity index (χ3n) is 4.11. The van der Waals surface area contributed by atoms with Crippen molar-refractivity contribution in [2.75, 3.05) is 11.8 Å². The van der Waals surface area contributed by atoms with Crippen molar-refractivity contribution in [1.29, 1.82) is 0 Å². The van der Waals surface area contributed by atoms with E-state index in [9.17, 15) is 8.60 Å². The Morgan fingerprint density at radius 2 is 2.00 bits per heavy atom. The zero-order valence-corrected chi connectivity index (χ0v) is 14.9. The maximum Gasteiger partial charge on any atom is 0.167 e. The highest BCUT2D eigenvalue weighted by molar-refractivity contribution is 7.87. The molecule has 26 heavy (non-hydrogen) atoms. The summed E-state index contributed by atoms with van der Waals surface area (Å²) in [7, 11) is 0.412. The number of hydrogen-bond acceptors (Lipinski definition) is 4. The molecule has 7 heteroatoms. The minimum Gasteiger partial charge on any atom is -0.497 e. The number of hydrogen-bond donors (Lipinski definition) is 1. The molecule has 0 amide bonds. The van der Waals surface area contributed by atoms with Crippen LogP contribution in [0.1, 0.15) is 12.8 Å². The van der Waals surface area contributed by atoms with Gasteiger partial charge >= 0.3 is 0 Å². The smallest absolute Gasteiger partial charge is 0.167 e. The van der Waals surface area contributed by atoms with Gasteiger partial charge in [0.2, 0.25) is 0 Å². The Morgan fingerprint density at radius 3 is 2.73 bits per heavy atom. The topological polar surface area (TPSA) is 60.5 Å². The third kappa shape index (κ3) is 3.48. The van der Waals surface area contributed by atoms with Crippen LogP contribution in [0.3, 0.4) is 0 Å². The number of halogens is 1. The van der Waals surface area contributed by atoms with E-state index in [1.54, 1.807) is 37.6 Å². The molecule has 0 radical (unpaired) electrons. The second kappa shape index (κ2) is 6.92. The van der Waals surface area contributed by atoms with Gasteiger partial charge in [0.15, 0.2) is 11.6 Å². The summed E-state index contributed by atoms with van der Waals surface area (Å²) in [6.45, 7) is 0. The number of nitrogens with zero attached hydrogens (tertiary/aromatic N) is 1. The lowest BCUT2D eigenvalue weighted by atomic mass is 10.2. The lowest BCUT2D eigenvalue weighted by molar-refractivity contribution is 0.415. The van der Waals surface area contributed by atoms with E-state index >= 15 is 0 Å². The van der Waals surface area contributed by atoms with E-state index in [1.807, 2.05) is 6.07 Å². The van der Waals surface area contributed by atoms with Crippen LogP contribution >= 0.6 is 0 Å². The first-order valence-electron chi connectivity index (χ1n) is 8.21. The van der Waals surface area contributed by atoms with E-state index in [1.165, 1.54) is 12.1 Å². The van der Waals surface area contributed by atoms with Gasteiger partial charge in [0, 0.05) is 23.3 Å². The number of rotatable bonds is 6. The second-order valence-corrected chi connectivity index (χ2v) is 7.50. The van der Waals surface area contributed by atoms with Gasteiger partial charge in [-0.25, -0.2) is 8.60 Å². The summed E-state index contributed by atoms with van der Waals surface area (Å²) in [5.41, 5.74) is 1.20. The van der Waals surface area contributed by atoms with Gasteiger partial charge < -0.3 is 14.2 Å². The lowest BCUT2D eigenvalue weighted by Crippen LogP contribution is -2.08. The molecule has 134 valence electrons. The number of fused-ring (bicyclic) bond motifs is 1. The van der Waals surface area contributed by atoms with Gasteiger partial charge in [-0.05, 0) is 49.2 Å². The van der Waals surface area contributed by atoms with Gasteiger partial charge in [0.25, 0.3) is 0 Å². The zero-order chi connectivity index (χ0) is 18.1. The first-order chi connectivity index (χ1) is 12.6. The molecule has 0 saturated heterocycles. The number of nitrogens with one attached hydrogen (secondary N) is 1. The SMILES string of the molecule is COc1ccc2nccc(Oc3ccc(NS(=O)C4CC4)cc3F)c2c1. The molecule has 0 spiro atoms. The summed E-state index contributed by atoms with van der Waals surface area (Å²) in [6, 6.07) is 11.6. The number of anilines is 1. The van der Waals surface area contributed by atoms with Crippen molar-refractivity contribution in [2.24, 2.45) is 0 Å². The normalized spacial score (nSPS) is 14.8. The summed E-state index contributed by atoms with van der Waals surface area (Å²) in [5.74, 6) is 0.701. The summed E-state index contributed by atoms with van der Waals surface area (Å²) in [5, 5.41) is 0.899. The van der Waals surface area contributed by atoms with Gasteiger partial charge in [-0.3, -0.25) is 4.98 Å². The van der Waals surface area contributed by atoms with Crippen molar-refractivity contribution in [1.82, 2.24) is 4.98 Å². The van der Waals surface area contributed by atoms with Crippen molar-refractivity contribution in [3.05, 3.63) is 54.5 Å². The number of aromatic nitrogens is 1. The Balaban J connectivity index is 1.60. The maximum absolute atomic E-state index is 14.4. The molecular formula is C19H17FN2O3S. The molecule has 1 saturated carbocycles. The predicted octanol–water partition coefficient (Wildman–Crippen LogP) is 4.41. The highest BCUT2D eigenvalue weighted by Crippen LogP contribution is 2.33. The van der Waals surface area contributed by atoms with Crippen molar-refractivity contribution >= 4 is 27.6 Å². The predicted molar refractivity (Wildman–Crippen MR) is 99.6 cm³/mol. The first-order valence-corrected chi connectivity index (χ1v) is 9.43. The standard InChI is InChI=1S/C19H17FN2O3S/c1-24-13-3-6-17-15(11-13)18(8-9-21-17)25-19-7-2-12(10-16(19)20)22-26(23)14-4-5-14/h2-3,6-11,14,22H,4-5H2,1H3. The van der Waals surface area contributed by atoms with Gasteiger partial charge in [0.1, 0.15) is 22.5 Å². The Labute approximate surface area is 152 Å². The summed E-state index contributed by atoms with van der Waals surface area (Å²) in [6.07, 6.45) is 3.50. The summed E-state index contributed by atoms with van der Waals surface area (Å²) >= 11 is 0. The molecule has 1 N–H and O–H groups in total. The van der Waals surface area contributed by atoms with E-state index in [4.69, 9.17) is 9.47 Å². The number of benzene rings is 2. The lowest BCUT2D eigenvalue weighted by Gasteiger charge is -2.12. The van der Waals surface area contributed by atoms with Crippen LogP contribution in [0.15, 0.2) is 48.7 Å². The molecule has 1 aliphatic carbocycles. The Kier molecular flexibility index (Phi) is 4.46. The fourth-order valence-corrected chi connectivity index (χ4v) is 3.65. The van der Waals surface area contributed by atoms with Gasteiger partial charge in [-0.15, -0.1) is 0 Å². The van der Waals surface area contributed by atoms with Crippen LogP contribution in [0.25, 0.3) is 10.9 Å². The number of ether oxygens (including phenoxy) is 2. The summed E-state index contributed by atoms with van der Waals surface area (Å²) in [4.78, 5) is 4.28. The van der Waals surface area contributed by atoms with Crippen molar-refractivity contribution in [3.63, 3.8) is 0 Å². The molecule has 2 aromatic carbocycles. The van der Waals surface area contributed by atoms with Crippen LogP contribution in [0, 0.1) is 5.82 Å². The van der Waals surface area contributed by atoms with Crippen molar-refractivity contribution in [2.45, 2.75) is 18.1 Å². The number of methoxy groups -OCH3 is 1. The number of pyridine rings is 1. The molecular weight excluding hydrogens is 355 g/mol. The molecule has 1 heterocycles. The van der Waals surface area contributed by atoms with Crippen LogP contribution in [-0.2, 0) is 11.0 Å². The van der Waals surface area contributed by atoms with E-state index in [-0.39, 0.29) is 11.0 Å². The monoisotopic (exact) mass is 372 g/mol. The van der Waals surface area contributed by atoms with E-state index in [0.29, 0.717) is 17.2 Å². The molecule has 1 aromatic heterocycles. The molecule has 1 unspecified atom stereocenters. The molecule has 3 aromatic rings. The van der Waals surface area contributed by atoms with Crippen LogP contribution in [-0.4, -0.2) is 21.6 Å². The van der Waals surface area contributed by atoms with Crippen molar-refractivity contribution < 1.29 is 18.1 Å². The molecule has 1 fully saturated rings. The highest BCUT2D eigenvalue weighted by Gasteiger charge is 2.28. The fraction of sp³-hybridized carbons (Fsp3) is 0.211. The molecule has 5 nitrogen and oxygen atoms in total. The zero-order valence-electron chi connectivity index (χ0n) is 14.1. The maximum atomic E-state index is 14.4. The molecule has 1 atom stereocenters. The minimum atomic E-state index is -1.17. The van der Waals surface area contributed by atoms with Gasteiger partial charge in [0.05, 0.1) is 17.9 Å². The molecule has 1 aliphatic rings. The first kappa shape index (κ1) is 16.8. The van der Waals surface area contributed by atoms with Crippen LogP contribution < -0.4 is 14.2 Å². The summed E-state index contributed by atoms with van der Waals surface area (Å²) < 4.78 is 40.2. The minimum absolute atomic E-state index is 0.0862. The largest absolute Gasteiger partial charge is 0.497 e. The Morgan fingerprint density at radius 1 is 1.15 bits per heavy atom. The second-order valence-electron chi connectivity index (χ2n) is 6.04. The van der Waals surface area contributed by atoms with Gasteiger partial charge in [-0.2, -0.15) is 0 Å². The van der Waals surface area contributed by atoms with E-state index < -0.39 is 16.8 Å². The van der Waals surface area contributed by atoms with Crippen LogP contribution in [0.4, 0.5) is 10.1 Å². The highest BCUT2D eigenvalue weighted by atomic mass is 32.2. The quantitative estimate of drug-likeness (QED) is 0.696. The molecule has 4 rings (SSSR count). The van der Waals surface area contributed by atoms with E-state index in [0.717, 1.165) is 23.7 Å². The Bertz CT molecular complexity index is 992. The molecule has 0 aliphatic heterocycles. The average molecular weight is 372 g/mol. The fourth-order valence-electron chi connectivity index (χ4n) is 2.56. The van der Waals surface area contributed by atoms with Crippen LogP contribution in [0.5, 0.6) is 17.2 Å². The van der Waals surface area contributed by atoms with E-state index in [2.05, 4.69) is 9.71 Å². The van der Waals surface area contributed by atoms with Gasteiger partial charge in [-0.1, -0.05) is 0 Å². The molecule has 0 bridgehead atoms. The Hall–Kier alpha value is -2.67. The third-order valence-corrected chi connectivity index (χ3v) is 5.62.